The first kappa shape index (κ1) is 20.7. The van der Waals surface area contributed by atoms with Crippen LogP contribution in [0.5, 0.6) is 17.2 Å². The van der Waals surface area contributed by atoms with Gasteiger partial charge in [-0.15, -0.1) is 0 Å². The molecule has 0 aromatic heterocycles. The lowest BCUT2D eigenvalue weighted by Crippen LogP contribution is -2.23. The van der Waals surface area contributed by atoms with Crippen LogP contribution in [0.15, 0.2) is 36.4 Å². The summed E-state index contributed by atoms with van der Waals surface area (Å²) in [5.41, 5.74) is 0.331. The normalized spacial score (nSPS) is 10.1. The van der Waals surface area contributed by atoms with Crippen molar-refractivity contribution < 1.29 is 28.5 Å². The van der Waals surface area contributed by atoms with Gasteiger partial charge in [0.25, 0.3) is 5.91 Å². The molecule has 0 fully saturated rings. The lowest BCUT2D eigenvalue weighted by Gasteiger charge is -2.13. The summed E-state index contributed by atoms with van der Waals surface area (Å²) in [6.45, 7) is -0.829. The highest BCUT2D eigenvalue weighted by molar-refractivity contribution is 6.32. The summed E-state index contributed by atoms with van der Waals surface area (Å²) in [6, 6.07) is 9.49. The number of nitrogens with one attached hydrogen (secondary N) is 1. The molecule has 0 saturated carbocycles. The van der Waals surface area contributed by atoms with Crippen LogP contribution < -0.4 is 19.5 Å². The number of halogens is 2. The van der Waals surface area contributed by atoms with E-state index in [2.05, 4.69) is 5.32 Å². The van der Waals surface area contributed by atoms with E-state index < -0.39 is 18.5 Å². The molecule has 2 aromatic rings. The van der Waals surface area contributed by atoms with Gasteiger partial charge in [0.05, 0.1) is 24.9 Å². The highest BCUT2D eigenvalue weighted by Crippen LogP contribution is 2.35. The molecule has 27 heavy (non-hydrogen) atoms. The summed E-state index contributed by atoms with van der Waals surface area (Å²) in [5.74, 6) is -0.0928. The van der Waals surface area contributed by atoms with Gasteiger partial charge < -0.3 is 24.3 Å². The number of rotatable bonds is 8. The Hall–Kier alpha value is -2.64. The van der Waals surface area contributed by atoms with Crippen LogP contribution in [0.3, 0.4) is 0 Å². The van der Waals surface area contributed by atoms with Gasteiger partial charge >= 0.3 is 5.97 Å². The van der Waals surface area contributed by atoms with Crippen LogP contribution in [-0.2, 0) is 14.3 Å². The SMILES string of the molecule is COc1cc(NC(=O)COC(=O)COc2ccc(Cl)cc2)c(OC)cc1Cl. The molecule has 0 unspecified atom stereocenters. The van der Waals surface area contributed by atoms with Crippen LogP contribution in [-0.4, -0.2) is 39.3 Å². The van der Waals surface area contributed by atoms with Crippen LogP contribution in [0, 0.1) is 0 Å². The molecule has 0 aliphatic heterocycles. The summed E-state index contributed by atoms with van der Waals surface area (Å²) in [7, 11) is 2.88. The second-order valence-corrected chi connectivity index (χ2v) is 5.98. The minimum Gasteiger partial charge on any atom is -0.495 e. The number of carbonyl (C=O) groups excluding carboxylic acids is 2. The summed E-state index contributed by atoms with van der Waals surface area (Å²) in [6.07, 6.45) is 0. The third-order valence-corrected chi connectivity index (χ3v) is 3.83. The predicted molar refractivity (Wildman–Crippen MR) is 101 cm³/mol. The fourth-order valence-electron chi connectivity index (χ4n) is 2.01. The molecule has 0 spiro atoms. The third kappa shape index (κ3) is 6.23. The standard InChI is InChI=1S/C18H17Cl2NO6/c1-24-15-8-14(16(25-2)7-13(15)20)21-17(22)9-27-18(23)10-26-12-5-3-11(19)4-6-12/h3-8H,9-10H2,1-2H3,(H,21,22). The molecular formula is C18H17Cl2NO6. The number of anilines is 1. The second-order valence-electron chi connectivity index (χ2n) is 5.14. The Morgan fingerprint density at radius 1 is 0.963 bits per heavy atom. The van der Waals surface area contributed by atoms with Gasteiger partial charge in [-0.25, -0.2) is 4.79 Å². The smallest absolute Gasteiger partial charge is 0.344 e. The molecule has 7 nitrogen and oxygen atoms in total. The third-order valence-electron chi connectivity index (χ3n) is 3.28. The average Bonchev–Trinajstić information content (AvgIpc) is 2.66. The summed E-state index contributed by atoms with van der Waals surface area (Å²) in [5, 5.41) is 3.45. The van der Waals surface area contributed by atoms with E-state index in [1.54, 1.807) is 24.3 Å². The highest BCUT2D eigenvalue weighted by atomic mass is 35.5. The largest absolute Gasteiger partial charge is 0.495 e. The Balaban J connectivity index is 1.85. The number of ether oxygens (including phenoxy) is 4. The minimum absolute atomic E-state index is 0.331. The van der Waals surface area contributed by atoms with Gasteiger partial charge in [0.2, 0.25) is 0 Å². The van der Waals surface area contributed by atoms with Gasteiger partial charge in [0.15, 0.2) is 13.2 Å². The van der Waals surface area contributed by atoms with Gasteiger partial charge in [-0.1, -0.05) is 23.2 Å². The van der Waals surface area contributed by atoms with Crippen LogP contribution >= 0.6 is 23.2 Å². The van der Waals surface area contributed by atoms with E-state index in [0.717, 1.165) is 0 Å². The van der Waals surface area contributed by atoms with E-state index in [-0.39, 0.29) is 6.61 Å². The first-order valence-corrected chi connectivity index (χ1v) is 8.44. The van der Waals surface area contributed by atoms with E-state index in [1.807, 2.05) is 0 Å². The Morgan fingerprint density at radius 3 is 2.26 bits per heavy atom. The van der Waals surface area contributed by atoms with Gasteiger partial charge in [0, 0.05) is 17.2 Å². The zero-order chi connectivity index (χ0) is 19.8. The molecule has 0 heterocycles. The number of carbonyl (C=O) groups is 2. The summed E-state index contributed by atoms with van der Waals surface area (Å²) in [4.78, 5) is 23.7. The van der Waals surface area contributed by atoms with Crippen LogP contribution in [0.2, 0.25) is 10.0 Å². The van der Waals surface area contributed by atoms with E-state index >= 15 is 0 Å². The monoisotopic (exact) mass is 413 g/mol. The maximum Gasteiger partial charge on any atom is 0.344 e. The van der Waals surface area contributed by atoms with E-state index in [0.29, 0.717) is 33.0 Å². The molecule has 9 heteroatoms. The van der Waals surface area contributed by atoms with Crippen molar-refractivity contribution in [1.82, 2.24) is 0 Å². The molecule has 144 valence electrons. The first-order chi connectivity index (χ1) is 12.9. The molecule has 2 rings (SSSR count). The van der Waals surface area contributed by atoms with Crippen LogP contribution in [0.25, 0.3) is 0 Å². The molecule has 0 radical (unpaired) electrons. The van der Waals surface area contributed by atoms with Gasteiger partial charge in [-0.05, 0) is 24.3 Å². The first-order valence-electron chi connectivity index (χ1n) is 7.68. The van der Waals surface area contributed by atoms with E-state index in [1.165, 1.54) is 26.4 Å². The molecule has 0 atom stereocenters. The van der Waals surface area contributed by atoms with Crippen molar-refractivity contribution in [2.24, 2.45) is 0 Å². The Bertz CT molecular complexity index is 810. The van der Waals surface area contributed by atoms with Crippen molar-refractivity contribution in [3.05, 3.63) is 46.4 Å². The Labute approximate surface area is 166 Å². The Morgan fingerprint density at radius 2 is 1.63 bits per heavy atom. The quantitative estimate of drug-likeness (QED) is 0.665. The highest BCUT2D eigenvalue weighted by Gasteiger charge is 2.14. The van der Waals surface area contributed by atoms with E-state index in [9.17, 15) is 9.59 Å². The average molecular weight is 414 g/mol. The van der Waals surface area contributed by atoms with Gasteiger partial charge in [-0.3, -0.25) is 4.79 Å². The summed E-state index contributed by atoms with van der Waals surface area (Å²) < 4.78 is 20.4. The fraction of sp³-hybridized carbons (Fsp3) is 0.222. The lowest BCUT2D eigenvalue weighted by atomic mass is 10.2. The molecule has 2 aromatic carbocycles. The maximum atomic E-state index is 12.0. The zero-order valence-corrected chi connectivity index (χ0v) is 16.1. The number of amides is 1. The number of hydrogen-bond donors (Lipinski definition) is 1. The molecule has 0 aliphatic carbocycles. The maximum absolute atomic E-state index is 12.0. The van der Waals surface area contributed by atoms with Crippen molar-refractivity contribution >= 4 is 40.8 Å². The number of hydrogen-bond acceptors (Lipinski definition) is 6. The topological polar surface area (TPSA) is 83.1 Å². The Kier molecular flexibility index (Phi) is 7.57. The van der Waals surface area contributed by atoms with Crippen molar-refractivity contribution in [2.45, 2.75) is 0 Å². The van der Waals surface area contributed by atoms with Gasteiger partial charge in [-0.2, -0.15) is 0 Å². The number of benzene rings is 2. The molecule has 0 saturated heterocycles. The van der Waals surface area contributed by atoms with Crippen LogP contribution in [0.4, 0.5) is 5.69 Å². The molecule has 0 aliphatic rings. The molecule has 1 N–H and O–H groups in total. The van der Waals surface area contributed by atoms with Crippen molar-refractivity contribution in [2.75, 3.05) is 32.8 Å². The number of esters is 1. The van der Waals surface area contributed by atoms with Crippen molar-refractivity contribution in [3.8, 4) is 17.2 Å². The lowest BCUT2D eigenvalue weighted by molar-refractivity contribution is -0.149. The van der Waals surface area contributed by atoms with Crippen LogP contribution in [0.1, 0.15) is 0 Å². The molecular weight excluding hydrogens is 397 g/mol. The second kappa shape index (κ2) is 9.89. The van der Waals surface area contributed by atoms with Crippen molar-refractivity contribution in [1.29, 1.82) is 0 Å². The van der Waals surface area contributed by atoms with E-state index in [4.69, 9.17) is 42.1 Å². The van der Waals surface area contributed by atoms with Gasteiger partial charge in [0.1, 0.15) is 17.2 Å². The fourth-order valence-corrected chi connectivity index (χ4v) is 2.36. The summed E-state index contributed by atoms with van der Waals surface area (Å²) >= 11 is 11.8. The minimum atomic E-state index is -0.694. The molecule has 0 bridgehead atoms. The zero-order valence-electron chi connectivity index (χ0n) is 14.6. The van der Waals surface area contributed by atoms with Crippen molar-refractivity contribution in [3.63, 3.8) is 0 Å². The predicted octanol–water partition coefficient (Wildman–Crippen LogP) is 3.57. The number of methoxy groups -OCH3 is 2. The molecule has 1 amide bonds.